The first kappa shape index (κ1) is 16.4. The Hall–Kier alpha value is -0.650. The van der Waals surface area contributed by atoms with Crippen LogP contribution < -0.4 is 0 Å². The molecule has 0 aliphatic rings. The van der Waals surface area contributed by atoms with Gasteiger partial charge in [0, 0.05) is 18.5 Å². The molecule has 0 unspecified atom stereocenters. The average molecular weight is 308 g/mol. The third-order valence-electron chi connectivity index (χ3n) is 2.82. The van der Waals surface area contributed by atoms with Crippen molar-refractivity contribution in [1.29, 1.82) is 0 Å². The Balaban J connectivity index is 3.22. The van der Waals surface area contributed by atoms with Gasteiger partial charge in [0.1, 0.15) is 5.82 Å². The predicted molar refractivity (Wildman–Crippen MR) is 75.5 cm³/mol. The number of alkyl halides is 1. The van der Waals surface area contributed by atoms with Crippen molar-refractivity contribution < 1.29 is 12.8 Å². The van der Waals surface area contributed by atoms with E-state index in [4.69, 9.17) is 11.6 Å². The molecule has 0 fully saturated rings. The maximum absolute atomic E-state index is 13.3. The van der Waals surface area contributed by atoms with E-state index in [1.165, 1.54) is 16.4 Å². The lowest BCUT2D eigenvalue weighted by Crippen LogP contribution is -2.38. The number of rotatable bonds is 6. The summed E-state index contributed by atoms with van der Waals surface area (Å²) in [5.41, 5.74) is 0.540. The number of benzene rings is 1. The molecule has 0 spiro atoms. The van der Waals surface area contributed by atoms with Crippen LogP contribution in [-0.4, -0.2) is 31.2 Å². The van der Waals surface area contributed by atoms with Gasteiger partial charge in [-0.2, -0.15) is 4.31 Å². The minimum absolute atomic E-state index is 0.0239. The van der Waals surface area contributed by atoms with Crippen molar-refractivity contribution in [1.82, 2.24) is 4.31 Å². The molecule has 0 bridgehead atoms. The van der Waals surface area contributed by atoms with E-state index in [-0.39, 0.29) is 10.9 Å². The molecule has 6 heteroatoms. The molecule has 1 rings (SSSR count). The van der Waals surface area contributed by atoms with Crippen LogP contribution in [0.5, 0.6) is 0 Å². The topological polar surface area (TPSA) is 37.4 Å². The Morgan fingerprint density at radius 2 is 2.00 bits per heavy atom. The highest BCUT2D eigenvalue weighted by Gasteiger charge is 2.28. The van der Waals surface area contributed by atoms with Gasteiger partial charge in [-0.1, -0.05) is 6.07 Å². The summed E-state index contributed by atoms with van der Waals surface area (Å²) in [6, 6.07) is 3.60. The van der Waals surface area contributed by atoms with E-state index in [1.54, 1.807) is 20.8 Å². The molecule has 0 radical (unpaired) electrons. The lowest BCUT2D eigenvalue weighted by atomic mass is 10.2. The summed E-state index contributed by atoms with van der Waals surface area (Å²) in [4.78, 5) is 0.0239. The van der Waals surface area contributed by atoms with E-state index in [2.05, 4.69) is 0 Å². The van der Waals surface area contributed by atoms with E-state index < -0.39 is 15.8 Å². The second kappa shape index (κ2) is 6.68. The van der Waals surface area contributed by atoms with Gasteiger partial charge in [0.25, 0.3) is 0 Å². The summed E-state index contributed by atoms with van der Waals surface area (Å²) in [7, 11) is -3.69. The molecule has 1 aromatic rings. The van der Waals surface area contributed by atoms with E-state index in [0.717, 1.165) is 6.07 Å². The van der Waals surface area contributed by atoms with Gasteiger partial charge in [-0.05, 0) is 44.9 Å². The lowest BCUT2D eigenvalue weighted by molar-refractivity contribution is 0.354. The van der Waals surface area contributed by atoms with Gasteiger partial charge in [0.05, 0.1) is 4.90 Å². The Bertz CT molecular complexity index is 531. The summed E-state index contributed by atoms with van der Waals surface area (Å²) in [5.74, 6) is -0.161. The first-order chi connectivity index (χ1) is 8.80. The molecule has 0 aliphatic heterocycles. The zero-order valence-electron chi connectivity index (χ0n) is 11.4. The maximum Gasteiger partial charge on any atom is 0.243 e. The number of hydrogen-bond acceptors (Lipinski definition) is 2. The molecule has 108 valence electrons. The second-order valence-electron chi connectivity index (χ2n) is 4.66. The molecule has 3 nitrogen and oxygen atoms in total. The highest BCUT2D eigenvalue weighted by molar-refractivity contribution is 7.89. The van der Waals surface area contributed by atoms with Crippen LogP contribution in [0.4, 0.5) is 4.39 Å². The molecule has 0 heterocycles. The van der Waals surface area contributed by atoms with Crippen LogP contribution in [0.25, 0.3) is 0 Å². The summed E-state index contributed by atoms with van der Waals surface area (Å²) in [6.07, 6.45) is 0.563. The zero-order chi connectivity index (χ0) is 14.6. The minimum atomic E-state index is -3.69. The molecule has 0 atom stereocenters. The standard InChI is InChI=1S/C13H19ClFNO2S/c1-10(2)16(8-4-7-14)19(17,18)13-9-12(15)6-5-11(13)3/h5-6,9-10H,4,7-8H2,1-3H3. The van der Waals surface area contributed by atoms with Gasteiger partial charge >= 0.3 is 0 Å². The smallest absolute Gasteiger partial charge is 0.207 e. The first-order valence-corrected chi connectivity index (χ1v) is 8.12. The van der Waals surface area contributed by atoms with Crippen LogP contribution in [-0.2, 0) is 10.0 Å². The number of nitrogens with zero attached hydrogens (tertiary/aromatic N) is 1. The lowest BCUT2D eigenvalue weighted by Gasteiger charge is -2.26. The molecule has 0 saturated carbocycles. The van der Waals surface area contributed by atoms with Crippen LogP contribution in [0.15, 0.2) is 23.1 Å². The van der Waals surface area contributed by atoms with Gasteiger partial charge in [-0.3, -0.25) is 0 Å². The van der Waals surface area contributed by atoms with Gasteiger partial charge in [0.15, 0.2) is 0 Å². The third kappa shape index (κ3) is 3.91. The molecular formula is C13H19ClFNO2S. The molecule has 1 aromatic carbocycles. The quantitative estimate of drug-likeness (QED) is 0.757. The predicted octanol–water partition coefficient (Wildman–Crippen LogP) is 3.16. The van der Waals surface area contributed by atoms with Gasteiger partial charge in [0.2, 0.25) is 10.0 Å². The van der Waals surface area contributed by atoms with Crippen LogP contribution in [0.2, 0.25) is 0 Å². The Morgan fingerprint density at radius 1 is 1.37 bits per heavy atom. The van der Waals surface area contributed by atoms with Crippen molar-refractivity contribution in [3.63, 3.8) is 0 Å². The second-order valence-corrected chi connectivity index (χ2v) is 6.90. The van der Waals surface area contributed by atoms with Crippen molar-refractivity contribution >= 4 is 21.6 Å². The molecular weight excluding hydrogens is 289 g/mol. The molecule has 0 amide bonds. The summed E-state index contributed by atoms with van der Waals surface area (Å²) >= 11 is 5.62. The minimum Gasteiger partial charge on any atom is -0.207 e. The molecule has 0 saturated heterocycles. The molecule has 0 aromatic heterocycles. The van der Waals surface area contributed by atoms with Crippen molar-refractivity contribution in [2.24, 2.45) is 0 Å². The first-order valence-electron chi connectivity index (χ1n) is 6.14. The van der Waals surface area contributed by atoms with Crippen LogP contribution in [0.3, 0.4) is 0 Å². The highest BCUT2D eigenvalue weighted by Crippen LogP contribution is 2.23. The van der Waals surface area contributed by atoms with Crippen molar-refractivity contribution in [2.45, 2.75) is 38.1 Å². The number of halogens is 2. The Labute approximate surface area is 119 Å². The Morgan fingerprint density at radius 3 is 2.53 bits per heavy atom. The largest absolute Gasteiger partial charge is 0.243 e. The van der Waals surface area contributed by atoms with Gasteiger partial charge in [-0.25, -0.2) is 12.8 Å². The fourth-order valence-corrected chi connectivity index (χ4v) is 3.88. The molecule has 0 aliphatic carbocycles. The SMILES string of the molecule is Cc1ccc(F)cc1S(=O)(=O)N(CCCCl)C(C)C. The number of sulfonamides is 1. The summed E-state index contributed by atoms with van der Waals surface area (Å²) < 4.78 is 39.8. The van der Waals surface area contributed by atoms with Crippen molar-refractivity contribution in [3.05, 3.63) is 29.6 Å². The van der Waals surface area contributed by atoms with E-state index >= 15 is 0 Å². The highest BCUT2D eigenvalue weighted by atomic mass is 35.5. The molecule has 0 N–H and O–H groups in total. The fourth-order valence-electron chi connectivity index (χ4n) is 1.85. The number of aryl methyl sites for hydroxylation is 1. The number of hydrogen-bond donors (Lipinski definition) is 0. The summed E-state index contributed by atoms with van der Waals surface area (Å²) in [5, 5.41) is 0. The van der Waals surface area contributed by atoms with E-state index in [1.807, 2.05) is 0 Å². The van der Waals surface area contributed by atoms with Crippen LogP contribution in [0, 0.1) is 12.7 Å². The Kier molecular flexibility index (Phi) is 5.77. The average Bonchev–Trinajstić information content (AvgIpc) is 2.32. The third-order valence-corrected chi connectivity index (χ3v) is 5.31. The van der Waals surface area contributed by atoms with E-state index in [0.29, 0.717) is 24.4 Å². The zero-order valence-corrected chi connectivity index (χ0v) is 12.9. The fraction of sp³-hybridized carbons (Fsp3) is 0.538. The maximum atomic E-state index is 13.3. The van der Waals surface area contributed by atoms with Crippen LogP contribution in [0.1, 0.15) is 25.8 Å². The normalized spacial score (nSPS) is 12.4. The van der Waals surface area contributed by atoms with Crippen molar-refractivity contribution in [2.75, 3.05) is 12.4 Å². The van der Waals surface area contributed by atoms with Crippen molar-refractivity contribution in [3.8, 4) is 0 Å². The molecule has 19 heavy (non-hydrogen) atoms. The van der Waals surface area contributed by atoms with Crippen LogP contribution >= 0.6 is 11.6 Å². The van der Waals surface area contributed by atoms with Gasteiger partial charge in [-0.15, -0.1) is 11.6 Å². The van der Waals surface area contributed by atoms with E-state index in [9.17, 15) is 12.8 Å². The summed E-state index contributed by atoms with van der Waals surface area (Å²) in [6.45, 7) is 5.58. The monoisotopic (exact) mass is 307 g/mol. The van der Waals surface area contributed by atoms with Gasteiger partial charge < -0.3 is 0 Å².